The zero-order valence-electron chi connectivity index (χ0n) is 18.3. The first-order valence-corrected chi connectivity index (χ1v) is 11.5. The molecule has 5 rings (SSSR count). The van der Waals surface area contributed by atoms with Crippen molar-refractivity contribution in [3.05, 3.63) is 98.8 Å². The monoisotopic (exact) mass is 461 g/mol. The maximum atomic E-state index is 13.2. The molecule has 0 unspecified atom stereocenters. The number of oxazole rings is 1. The van der Waals surface area contributed by atoms with Crippen LogP contribution in [0.3, 0.4) is 0 Å². The molecule has 0 saturated carbocycles. The number of likely N-dealkylation sites (tertiary alicyclic amines) is 1. The number of hydrogen-bond acceptors (Lipinski definition) is 4. The molecule has 2 aromatic carbocycles. The number of hydrogen-bond donors (Lipinski definition) is 0. The first kappa shape index (κ1) is 21.5. The second-order valence-electron chi connectivity index (χ2n) is 8.57. The molecule has 1 fully saturated rings. The van der Waals surface area contributed by atoms with Crippen LogP contribution >= 0.6 is 11.6 Å². The van der Waals surface area contributed by atoms with Gasteiger partial charge in [0.05, 0.1) is 6.54 Å². The third-order valence-corrected chi connectivity index (χ3v) is 6.42. The Morgan fingerprint density at radius 2 is 1.94 bits per heavy atom. The first-order valence-electron chi connectivity index (χ1n) is 11.1. The number of nitrogens with zero attached hydrogens (tertiary/aromatic N) is 3. The number of fused-ring (bicyclic) bond motifs is 1. The van der Waals surface area contributed by atoms with Crippen molar-refractivity contribution in [3.8, 4) is 0 Å². The molecule has 1 aliphatic heterocycles. The molecule has 168 valence electrons. The molecule has 4 aromatic rings. The largest absolute Gasteiger partial charge is 0.440 e. The summed E-state index contributed by atoms with van der Waals surface area (Å²) in [5.41, 5.74) is 3.57. The van der Waals surface area contributed by atoms with Crippen molar-refractivity contribution in [1.29, 1.82) is 0 Å². The van der Waals surface area contributed by atoms with Crippen LogP contribution in [0.25, 0.3) is 11.1 Å². The predicted molar refractivity (Wildman–Crippen MR) is 128 cm³/mol. The Kier molecular flexibility index (Phi) is 5.77. The van der Waals surface area contributed by atoms with Crippen molar-refractivity contribution in [3.63, 3.8) is 0 Å². The molecule has 0 bridgehead atoms. The van der Waals surface area contributed by atoms with Crippen LogP contribution in [0.1, 0.15) is 46.1 Å². The topological polar surface area (TPSA) is 68.3 Å². The molecule has 0 aliphatic carbocycles. The number of amides is 1. The van der Waals surface area contributed by atoms with Gasteiger partial charge in [-0.3, -0.25) is 9.59 Å². The molecule has 1 amide bonds. The summed E-state index contributed by atoms with van der Waals surface area (Å²) in [6, 6.07) is 16.8. The lowest BCUT2D eigenvalue weighted by atomic mass is 9.96. The summed E-state index contributed by atoms with van der Waals surface area (Å²) in [5.74, 6) is 0.593. The number of rotatable bonds is 4. The number of halogens is 1. The Balaban J connectivity index is 1.29. The number of aromatic nitrogens is 2. The molecule has 3 heterocycles. The number of carbonyl (C=O) groups is 1. The zero-order valence-corrected chi connectivity index (χ0v) is 19.1. The lowest BCUT2D eigenvalue weighted by Gasteiger charge is -2.30. The lowest BCUT2D eigenvalue weighted by molar-refractivity contribution is 0.0704. The standard InChI is InChI=1S/C26H24ClN3O3/c1-17-4-2-5-18(14-17)16-30-11-3-6-21(26(30)32)25(31)29-12-9-19(10-13-29)24-28-22-15-20(27)7-8-23(22)33-24/h2-8,11,14-15,19H,9-10,12-13,16H2,1H3. The van der Waals surface area contributed by atoms with Crippen molar-refractivity contribution in [2.24, 2.45) is 0 Å². The quantitative estimate of drug-likeness (QED) is 0.428. The smallest absolute Gasteiger partial charge is 0.263 e. The summed E-state index contributed by atoms with van der Waals surface area (Å²) < 4.78 is 7.51. The van der Waals surface area contributed by atoms with E-state index in [-0.39, 0.29) is 22.9 Å². The summed E-state index contributed by atoms with van der Waals surface area (Å²) >= 11 is 6.05. The number of benzene rings is 2. The molecular weight excluding hydrogens is 438 g/mol. The van der Waals surface area contributed by atoms with Gasteiger partial charge in [-0.1, -0.05) is 41.4 Å². The molecule has 0 spiro atoms. The van der Waals surface area contributed by atoms with E-state index >= 15 is 0 Å². The minimum Gasteiger partial charge on any atom is -0.440 e. The van der Waals surface area contributed by atoms with Crippen LogP contribution in [0.2, 0.25) is 5.02 Å². The maximum absolute atomic E-state index is 13.2. The SMILES string of the molecule is Cc1cccc(Cn2cccc(C(=O)N3CCC(c4nc5cc(Cl)ccc5o4)CC3)c2=O)c1. The second kappa shape index (κ2) is 8.87. The van der Waals surface area contributed by atoms with E-state index < -0.39 is 0 Å². The van der Waals surface area contributed by atoms with Gasteiger partial charge in [-0.15, -0.1) is 0 Å². The Labute approximate surface area is 196 Å². The average Bonchev–Trinajstić information content (AvgIpc) is 3.23. The van der Waals surface area contributed by atoms with E-state index in [9.17, 15) is 9.59 Å². The highest BCUT2D eigenvalue weighted by Crippen LogP contribution is 2.31. The molecule has 7 heteroatoms. The minimum atomic E-state index is -0.262. The van der Waals surface area contributed by atoms with Gasteiger partial charge in [0.2, 0.25) is 0 Å². The van der Waals surface area contributed by atoms with Gasteiger partial charge in [-0.05, 0) is 55.7 Å². The molecule has 1 saturated heterocycles. The molecule has 33 heavy (non-hydrogen) atoms. The van der Waals surface area contributed by atoms with Gasteiger partial charge in [0, 0.05) is 30.2 Å². The fourth-order valence-corrected chi connectivity index (χ4v) is 4.59. The summed E-state index contributed by atoms with van der Waals surface area (Å²) in [4.78, 5) is 32.5. The Hall–Kier alpha value is -3.38. The Bertz CT molecular complexity index is 1380. The van der Waals surface area contributed by atoms with Crippen molar-refractivity contribution in [2.75, 3.05) is 13.1 Å². The van der Waals surface area contributed by atoms with E-state index in [4.69, 9.17) is 16.0 Å². The lowest BCUT2D eigenvalue weighted by Crippen LogP contribution is -2.41. The zero-order chi connectivity index (χ0) is 22.9. The van der Waals surface area contributed by atoms with Crippen LogP contribution in [-0.4, -0.2) is 33.4 Å². The molecule has 0 atom stereocenters. The van der Waals surface area contributed by atoms with Crippen LogP contribution in [-0.2, 0) is 6.54 Å². The van der Waals surface area contributed by atoms with Gasteiger partial charge >= 0.3 is 0 Å². The van der Waals surface area contributed by atoms with Crippen LogP contribution in [0, 0.1) is 6.92 Å². The number of pyridine rings is 1. The molecule has 0 radical (unpaired) electrons. The Morgan fingerprint density at radius 1 is 1.12 bits per heavy atom. The van der Waals surface area contributed by atoms with Crippen LogP contribution < -0.4 is 5.56 Å². The third-order valence-electron chi connectivity index (χ3n) is 6.18. The van der Waals surface area contributed by atoms with Crippen LogP contribution in [0.4, 0.5) is 0 Å². The van der Waals surface area contributed by atoms with E-state index in [2.05, 4.69) is 4.98 Å². The first-order chi connectivity index (χ1) is 16.0. The molecule has 2 aromatic heterocycles. The predicted octanol–water partition coefficient (Wildman–Crippen LogP) is 5.02. The molecule has 1 aliphatic rings. The fourth-order valence-electron chi connectivity index (χ4n) is 4.42. The summed E-state index contributed by atoms with van der Waals surface area (Å²) in [6.07, 6.45) is 3.19. The summed E-state index contributed by atoms with van der Waals surface area (Å²) in [6.45, 7) is 3.56. The van der Waals surface area contributed by atoms with Gasteiger partial charge in [-0.2, -0.15) is 0 Å². The highest BCUT2D eigenvalue weighted by Gasteiger charge is 2.28. The normalized spacial score (nSPS) is 14.7. The van der Waals surface area contributed by atoms with E-state index in [0.29, 0.717) is 36.1 Å². The molecule has 6 nitrogen and oxygen atoms in total. The van der Waals surface area contributed by atoms with Crippen molar-refractivity contribution in [1.82, 2.24) is 14.5 Å². The van der Waals surface area contributed by atoms with Gasteiger partial charge in [0.15, 0.2) is 11.5 Å². The Morgan fingerprint density at radius 3 is 2.73 bits per heavy atom. The third kappa shape index (κ3) is 4.44. The molecular formula is C26H24ClN3O3. The van der Waals surface area contributed by atoms with E-state index in [1.807, 2.05) is 37.3 Å². The highest BCUT2D eigenvalue weighted by atomic mass is 35.5. The van der Waals surface area contributed by atoms with E-state index in [1.54, 1.807) is 39.9 Å². The van der Waals surface area contributed by atoms with Gasteiger partial charge in [-0.25, -0.2) is 4.98 Å². The number of aryl methyl sites for hydroxylation is 1. The summed E-state index contributed by atoms with van der Waals surface area (Å²) in [7, 11) is 0. The van der Waals surface area contributed by atoms with E-state index in [0.717, 1.165) is 29.5 Å². The van der Waals surface area contributed by atoms with Gasteiger partial charge in [0.25, 0.3) is 11.5 Å². The van der Waals surface area contributed by atoms with Crippen LogP contribution in [0.5, 0.6) is 0 Å². The van der Waals surface area contributed by atoms with Crippen LogP contribution in [0.15, 0.2) is 70.0 Å². The van der Waals surface area contributed by atoms with Crippen molar-refractivity contribution in [2.45, 2.75) is 32.2 Å². The molecule has 0 N–H and O–H groups in total. The maximum Gasteiger partial charge on any atom is 0.263 e. The van der Waals surface area contributed by atoms with Gasteiger partial charge < -0.3 is 13.9 Å². The highest BCUT2D eigenvalue weighted by molar-refractivity contribution is 6.31. The minimum absolute atomic E-state index is 0.133. The second-order valence-corrected chi connectivity index (χ2v) is 9.01. The summed E-state index contributed by atoms with van der Waals surface area (Å²) in [5, 5.41) is 0.624. The fraction of sp³-hybridized carbons (Fsp3) is 0.269. The average molecular weight is 462 g/mol. The van der Waals surface area contributed by atoms with Crippen molar-refractivity contribution < 1.29 is 9.21 Å². The van der Waals surface area contributed by atoms with Crippen molar-refractivity contribution >= 4 is 28.6 Å². The number of carbonyl (C=O) groups excluding carboxylic acids is 1. The van der Waals surface area contributed by atoms with E-state index in [1.165, 1.54) is 0 Å². The van der Waals surface area contributed by atoms with Gasteiger partial charge in [0.1, 0.15) is 11.1 Å². The number of piperidine rings is 1.